The Balaban J connectivity index is 4.19. The predicted molar refractivity (Wildman–Crippen MR) is 51.9 cm³/mol. The van der Waals surface area contributed by atoms with Gasteiger partial charge in [-0.2, -0.15) is 0 Å². The van der Waals surface area contributed by atoms with Crippen molar-refractivity contribution in [3.8, 4) is 0 Å². The van der Waals surface area contributed by atoms with E-state index in [9.17, 15) is 0 Å². The summed E-state index contributed by atoms with van der Waals surface area (Å²) in [5.41, 5.74) is 0.974. The molecule has 0 aromatic heterocycles. The van der Waals surface area contributed by atoms with E-state index in [1.807, 2.05) is 44.9 Å². The molecule has 0 N–H and O–H groups in total. The van der Waals surface area contributed by atoms with Crippen molar-refractivity contribution < 1.29 is 4.74 Å². The molecule has 1 atom stereocenters. The molecule has 1 unspecified atom stereocenters. The third-order valence-electron chi connectivity index (χ3n) is 1.65. The molecular formula is C9H20N2O. The van der Waals surface area contributed by atoms with Crippen molar-refractivity contribution in [2.24, 2.45) is 0 Å². The molecule has 0 heterocycles. The van der Waals surface area contributed by atoms with E-state index in [1.54, 1.807) is 0 Å². The Morgan fingerprint density at radius 2 is 1.83 bits per heavy atom. The lowest BCUT2D eigenvalue weighted by Gasteiger charge is -2.29. The highest BCUT2D eigenvalue weighted by Crippen LogP contribution is 2.08. The van der Waals surface area contributed by atoms with Gasteiger partial charge in [0.1, 0.15) is 6.23 Å². The molecule has 0 saturated carbocycles. The number of likely N-dealkylation sites (N-methyl/N-ethyl adjacent to an activating group) is 2. The fourth-order valence-electron chi connectivity index (χ4n) is 0.922. The van der Waals surface area contributed by atoms with E-state index in [1.165, 1.54) is 0 Å². The first kappa shape index (κ1) is 11.5. The lowest BCUT2D eigenvalue weighted by Crippen LogP contribution is -2.37. The Bertz CT molecular complexity index is 143. The topological polar surface area (TPSA) is 15.7 Å². The Labute approximate surface area is 75.6 Å². The molecular weight excluding hydrogens is 152 g/mol. The van der Waals surface area contributed by atoms with Gasteiger partial charge in [0.05, 0.1) is 5.70 Å². The highest BCUT2D eigenvalue weighted by atomic mass is 16.5. The van der Waals surface area contributed by atoms with Crippen molar-refractivity contribution in [1.29, 1.82) is 0 Å². The van der Waals surface area contributed by atoms with E-state index in [-0.39, 0.29) is 6.23 Å². The number of hydrogen-bond acceptors (Lipinski definition) is 3. The van der Waals surface area contributed by atoms with Gasteiger partial charge in [0.2, 0.25) is 0 Å². The van der Waals surface area contributed by atoms with Crippen LogP contribution in [0.5, 0.6) is 0 Å². The average Bonchev–Trinajstić information content (AvgIpc) is 1.98. The van der Waals surface area contributed by atoms with Gasteiger partial charge in [-0.25, -0.2) is 0 Å². The molecule has 0 amide bonds. The summed E-state index contributed by atoms with van der Waals surface area (Å²) in [7, 11) is 7.90. The molecule has 0 saturated heterocycles. The maximum atomic E-state index is 5.51. The van der Waals surface area contributed by atoms with Crippen LogP contribution in [0.3, 0.4) is 0 Å². The maximum absolute atomic E-state index is 5.51. The van der Waals surface area contributed by atoms with Crippen molar-refractivity contribution in [2.75, 3.05) is 34.8 Å². The van der Waals surface area contributed by atoms with Gasteiger partial charge in [-0.1, -0.05) is 6.58 Å². The van der Waals surface area contributed by atoms with Crippen LogP contribution in [0.4, 0.5) is 0 Å². The summed E-state index contributed by atoms with van der Waals surface area (Å²) in [5.74, 6) is 0. The minimum absolute atomic E-state index is 0.00926. The zero-order valence-electron chi connectivity index (χ0n) is 8.79. The average molecular weight is 172 g/mol. The van der Waals surface area contributed by atoms with Gasteiger partial charge in [-0.3, -0.25) is 4.90 Å². The normalized spacial score (nSPS) is 13.2. The van der Waals surface area contributed by atoms with Crippen LogP contribution in [-0.2, 0) is 4.74 Å². The second-order valence-electron chi connectivity index (χ2n) is 3.16. The van der Waals surface area contributed by atoms with Crippen LogP contribution < -0.4 is 0 Å². The van der Waals surface area contributed by atoms with Crippen LogP contribution in [0.25, 0.3) is 0 Å². The largest absolute Gasteiger partial charge is 0.378 e. The van der Waals surface area contributed by atoms with Gasteiger partial charge in [-0.05, 0) is 21.0 Å². The van der Waals surface area contributed by atoms with E-state index in [2.05, 4.69) is 6.58 Å². The quantitative estimate of drug-likeness (QED) is 0.575. The smallest absolute Gasteiger partial charge is 0.150 e. The van der Waals surface area contributed by atoms with Gasteiger partial charge < -0.3 is 9.64 Å². The molecule has 0 aliphatic heterocycles. The predicted octanol–water partition coefficient (Wildman–Crippen LogP) is 0.986. The molecule has 3 heteroatoms. The van der Waals surface area contributed by atoms with Crippen molar-refractivity contribution in [1.82, 2.24) is 9.80 Å². The van der Waals surface area contributed by atoms with Crippen molar-refractivity contribution >= 4 is 0 Å². The van der Waals surface area contributed by atoms with Gasteiger partial charge >= 0.3 is 0 Å². The first-order valence-corrected chi connectivity index (χ1v) is 4.14. The first-order valence-electron chi connectivity index (χ1n) is 4.14. The molecule has 72 valence electrons. The molecule has 0 spiro atoms. The third-order valence-corrected chi connectivity index (χ3v) is 1.65. The molecule has 0 radical (unpaired) electrons. The highest BCUT2D eigenvalue weighted by molar-refractivity contribution is 4.98. The fourth-order valence-corrected chi connectivity index (χ4v) is 0.922. The Hall–Kier alpha value is -0.540. The van der Waals surface area contributed by atoms with Crippen LogP contribution in [-0.4, -0.2) is 50.8 Å². The number of nitrogens with zero attached hydrogens (tertiary/aromatic N) is 2. The lowest BCUT2D eigenvalue weighted by molar-refractivity contribution is -0.0165. The molecule has 0 bridgehead atoms. The van der Waals surface area contributed by atoms with Crippen molar-refractivity contribution in [3.63, 3.8) is 0 Å². The van der Waals surface area contributed by atoms with Crippen LogP contribution in [0.15, 0.2) is 12.3 Å². The minimum Gasteiger partial charge on any atom is -0.378 e. The van der Waals surface area contributed by atoms with Crippen molar-refractivity contribution in [2.45, 2.75) is 13.2 Å². The van der Waals surface area contributed by atoms with Gasteiger partial charge in [-0.15, -0.1) is 0 Å². The lowest BCUT2D eigenvalue weighted by atomic mass is 10.3. The van der Waals surface area contributed by atoms with Crippen LogP contribution in [0, 0.1) is 0 Å². The van der Waals surface area contributed by atoms with E-state index in [0.717, 1.165) is 5.70 Å². The standard InChI is InChI=1S/C9H20N2O/c1-7-12-9(11(5)6)8(2)10(3)4/h9H,2,7H2,1,3-6H3. The number of rotatable bonds is 5. The second kappa shape index (κ2) is 5.17. The highest BCUT2D eigenvalue weighted by Gasteiger charge is 2.15. The van der Waals surface area contributed by atoms with Crippen molar-refractivity contribution in [3.05, 3.63) is 12.3 Å². The maximum Gasteiger partial charge on any atom is 0.150 e. The van der Waals surface area contributed by atoms with Gasteiger partial charge in [0.25, 0.3) is 0 Å². The Morgan fingerprint density at radius 3 is 2.08 bits per heavy atom. The molecule has 0 aliphatic carbocycles. The van der Waals surface area contributed by atoms with E-state index in [4.69, 9.17) is 4.74 Å². The number of ether oxygens (including phenoxy) is 1. The summed E-state index contributed by atoms with van der Waals surface area (Å²) in [4.78, 5) is 3.98. The summed E-state index contributed by atoms with van der Waals surface area (Å²) in [6.07, 6.45) is -0.00926. The SMILES string of the molecule is C=C(C(OCC)N(C)C)N(C)C. The fraction of sp³-hybridized carbons (Fsp3) is 0.778. The zero-order chi connectivity index (χ0) is 9.72. The van der Waals surface area contributed by atoms with E-state index in [0.29, 0.717) is 6.61 Å². The molecule has 0 rings (SSSR count). The monoisotopic (exact) mass is 172 g/mol. The summed E-state index contributed by atoms with van der Waals surface area (Å²) in [6.45, 7) is 6.64. The van der Waals surface area contributed by atoms with Crippen LogP contribution in [0.2, 0.25) is 0 Å². The number of hydrogen-bond donors (Lipinski definition) is 0. The summed E-state index contributed by atoms with van der Waals surface area (Å²) in [5, 5.41) is 0. The van der Waals surface area contributed by atoms with E-state index < -0.39 is 0 Å². The first-order chi connectivity index (χ1) is 5.50. The molecule has 0 aromatic carbocycles. The van der Waals surface area contributed by atoms with Gasteiger partial charge in [0.15, 0.2) is 0 Å². The molecule has 12 heavy (non-hydrogen) atoms. The Kier molecular flexibility index (Phi) is 4.93. The summed E-state index contributed by atoms with van der Waals surface area (Å²) in [6, 6.07) is 0. The summed E-state index contributed by atoms with van der Waals surface area (Å²) >= 11 is 0. The molecule has 3 nitrogen and oxygen atoms in total. The Morgan fingerprint density at radius 1 is 1.33 bits per heavy atom. The molecule has 0 aliphatic rings. The zero-order valence-corrected chi connectivity index (χ0v) is 8.79. The third kappa shape index (κ3) is 3.24. The summed E-state index contributed by atoms with van der Waals surface area (Å²) < 4.78 is 5.51. The minimum atomic E-state index is -0.00926. The molecule has 0 fully saturated rings. The second-order valence-corrected chi connectivity index (χ2v) is 3.16. The van der Waals surface area contributed by atoms with Crippen LogP contribution >= 0.6 is 0 Å². The van der Waals surface area contributed by atoms with Gasteiger partial charge in [0, 0.05) is 20.7 Å². The van der Waals surface area contributed by atoms with Crippen LogP contribution in [0.1, 0.15) is 6.92 Å². The van der Waals surface area contributed by atoms with E-state index >= 15 is 0 Å². The molecule has 0 aromatic rings.